The van der Waals surface area contributed by atoms with E-state index in [9.17, 15) is 22.8 Å². The number of halogens is 5. The minimum absolute atomic E-state index is 0.0855. The molecule has 38 heavy (non-hydrogen) atoms. The molecule has 3 amide bonds. The highest BCUT2D eigenvalue weighted by Gasteiger charge is 2.40. The average molecular weight is 594 g/mol. The van der Waals surface area contributed by atoms with Crippen LogP contribution in [0, 0.1) is 5.82 Å². The Morgan fingerprint density at radius 1 is 1.16 bits per heavy atom. The second-order valence-corrected chi connectivity index (χ2v) is 16.3. The Morgan fingerprint density at radius 3 is 2.37 bits per heavy atom. The van der Waals surface area contributed by atoms with Gasteiger partial charge in [0.15, 0.2) is 19.3 Å². The van der Waals surface area contributed by atoms with Crippen molar-refractivity contribution in [3.05, 3.63) is 51.3 Å². The van der Waals surface area contributed by atoms with Gasteiger partial charge in [-0.1, -0.05) is 57.8 Å². The molecule has 0 bridgehead atoms. The summed E-state index contributed by atoms with van der Waals surface area (Å²) in [5, 5.41) is 3.44. The van der Waals surface area contributed by atoms with Crippen molar-refractivity contribution in [3.8, 4) is 0 Å². The van der Waals surface area contributed by atoms with E-state index >= 15 is 0 Å². The lowest BCUT2D eigenvalue weighted by molar-refractivity contribution is -0.0512. The second kappa shape index (κ2) is 12.3. The number of hydrogen-bond acceptors (Lipinski definition) is 5. The first kappa shape index (κ1) is 32.0. The van der Waals surface area contributed by atoms with Crippen LogP contribution in [0.4, 0.5) is 23.7 Å². The van der Waals surface area contributed by atoms with Crippen molar-refractivity contribution < 1.29 is 27.2 Å². The summed E-state index contributed by atoms with van der Waals surface area (Å²) in [7, 11) is -2.37. The maximum absolute atomic E-state index is 14.8. The average Bonchev–Trinajstić information content (AvgIpc) is 2.78. The largest absolute Gasteiger partial charge is 0.411 e. The Labute approximate surface area is 232 Å². The van der Waals surface area contributed by atoms with Gasteiger partial charge in [-0.3, -0.25) is 15.1 Å². The van der Waals surface area contributed by atoms with E-state index in [4.69, 9.17) is 27.6 Å². The van der Waals surface area contributed by atoms with E-state index < -0.39 is 60.9 Å². The van der Waals surface area contributed by atoms with E-state index in [1.807, 2.05) is 53.0 Å². The summed E-state index contributed by atoms with van der Waals surface area (Å²) in [6.07, 6.45) is 0.868. The fraction of sp³-hybridized carbons (Fsp3) is 0.520. The first-order chi connectivity index (χ1) is 17.3. The summed E-state index contributed by atoms with van der Waals surface area (Å²) in [6.45, 7) is 12.7. The van der Waals surface area contributed by atoms with Crippen molar-refractivity contribution in [1.82, 2.24) is 15.3 Å². The highest BCUT2D eigenvalue weighted by Crippen LogP contribution is 2.38. The molecule has 0 atom stereocenters. The molecule has 13 heteroatoms. The molecule has 2 N–H and O–H groups in total. The Kier molecular flexibility index (Phi) is 10.4. The molecular formula is C25H33Cl2F3N4O3Si. The maximum atomic E-state index is 14.8. The van der Waals surface area contributed by atoms with E-state index in [0.717, 1.165) is 6.07 Å². The number of alkyl halides is 2. The van der Waals surface area contributed by atoms with Crippen LogP contribution in [0.3, 0.4) is 0 Å². The first-order valence-electron chi connectivity index (χ1n) is 12.0. The predicted molar refractivity (Wildman–Crippen MR) is 145 cm³/mol. The standard InChI is InChI=1S/C25H33Cl2F3N4O3Si/c1-14(2)18-19(32-23(36)34-22(35)16-12-17(28)21(27)33-20(16)26)15(9-11-31-18)8-10-25(29,30)13-37-38(6,7)24(3,4)5/h9,11-12,14H,8,10,13H2,1-7H3,(H2,32,34,35,36). The van der Waals surface area contributed by atoms with Gasteiger partial charge in [-0.15, -0.1) is 0 Å². The number of anilines is 1. The molecule has 0 aliphatic rings. The molecule has 0 fully saturated rings. The molecule has 2 rings (SSSR count). The molecule has 7 nitrogen and oxygen atoms in total. The fourth-order valence-electron chi connectivity index (χ4n) is 3.12. The van der Waals surface area contributed by atoms with Gasteiger partial charge in [0.1, 0.15) is 5.15 Å². The maximum Gasteiger partial charge on any atom is 0.326 e. The highest BCUT2D eigenvalue weighted by molar-refractivity contribution is 6.74. The monoisotopic (exact) mass is 592 g/mol. The molecule has 0 spiro atoms. The zero-order valence-corrected chi connectivity index (χ0v) is 25.0. The van der Waals surface area contributed by atoms with Crippen molar-refractivity contribution in [2.24, 2.45) is 0 Å². The number of urea groups is 1. The van der Waals surface area contributed by atoms with Gasteiger partial charge < -0.3 is 9.74 Å². The Morgan fingerprint density at radius 2 is 1.79 bits per heavy atom. The number of aryl methyl sites for hydroxylation is 1. The van der Waals surface area contributed by atoms with E-state index in [2.05, 4.69) is 15.3 Å². The van der Waals surface area contributed by atoms with Crippen molar-refractivity contribution in [3.63, 3.8) is 0 Å². The van der Waals surface area contributed by atoms with Gasteiger partial charge in [0.25, 0.3) is 11.8 Å². The van der Waals surface area contributed by atoms with Crippen LogP contribution in [0.15, 0.2) is 18.3 Å². The number of nitrogens with zero attached hydrogens (tertiary/aromatic N) is 2. The summed E-state index contributed by atoms with van der Waals surface area (Å²) in [5.41, 5.74) is 0.666. The number of imide groups is 1. The highest BCUT2D eigenvalue weighted by atomic mass is 35.5. The normalized spacial score (nSPS) is 12.6. The number of aromatic nitrogens is 2. The van der Waals surface area contributed by atoms with Crippen LogP contribution in [0.5, 0.6) is 0 Å². The van der Waals surface area contributed by atoms with E-state index in [0.29, 0.717) is 11.3 Å². The topological polar surface area (TPSA) is 93.2 Å². The molecular weight excluding hydrogens is 560 g/mol. The Bertz CT molecular complexity index is 1190. The summed E-state index contributed by atoms with van der Waals surface area (Å²) in [4.78, 5) is 32.9. The summed E-state index contributed by atoms with van der Waals surface area (Å²) >= 11 is 11.4. The molecule has 210 valence electrons. The molecule has 0 aliphatic heterocycles. The summed E-state index contributed by atoms with van der Waals surface area (Å²) in [5.74, 6) is -5.29. The molecule has 0 aliphatic carbocycles. The predicted octanol–water partition coefficient (Wildman–Crippen LogP) is 7.60. The van der Waals surface area contributed by atoms with Gasteiger partial charge in [-0.25, -0.2) is 22.9 Å². The van der Waals surface area contributed by atoms with Crippen molar-refractivity contribution >= 4 is 49.1 Å². The van der Waals surface area contributed by atoms with Crippen LogP contribution >= 0.6 is 23.2 Å². The van der Waals surface area contributed by atoms with Crippen molar-refractivity contribution in [2.45, 2.75) is 77.4 Å². The van der Waals surface area contributed by atoms with E-state index in [1.54, 1.807) is 0 Å². The van der Waals surface area contributed by atoms with Gasteiger partial charge in [-0.2, -0.15) is 0 Å². The molecule has 2 aromatic rings. The SMILES string of the molecule is CC(C)c1nccc(CCC(F)(F)CO[Si](C)(C)C(C)(C)C)c1NC(=O)NC(=O)c1cc(F)c(Cl)nc1Cl. The number of rotatable bonds is 9. The van der Waals surface area contributed by atoms with Crippen LogP contribution in [0.1, 0.15) is 68.6 Å². The van der Waals surface area contributed by atoms with Gasteiger partial charge in [0.05, 0.1) is 23.6 Å². The number of hydrogen-bond donors (Lipinski definition) is 2. The smallest absolute Gasteiger partial charge is 0.326 e. The van der Waals surface area contributed by atoms with Gasteiger partial charge >= 0.3 is 6.03 Å². The molecule has 0 aromatic carbocycles. The minimum atomic E-state index is -3.10. The Hall–Kier alpha value is -2.21. The molecule has 0 radical (unpaired) electrons. The number of amides is 3. The third-order valence-electron chi connectivity index (χ3n) is 6.42. The number of carbonyl (C=O) groups is 2. The van der Waals surface area contributed by atoms with Gasteiger partial charge in [0.2, 0.25) is 0 Å². The summed E-state index contributed by atoms with van der Waals surface area (Å²) in [6, 6.07) is 1.30. The molecule has 2 aromatic heterocycles. The van der Waals surface area contributed by atoms with Crippen LogP contribution in [0.2, 0.25) is 28.4 Å². The van der Waals surface area contributed by atoms with Crippen molar-refractivity contribution in [2.75, 3.05) is 11.9 Å². The van der Waals surface area contributed by atoms with Gasteiger partial charge in [0, 0.05) is 12.6 Å². The lowest BCUT2D eigenvalue weighted by atomic mass is 10.00. The quantitative estimate of drug-likeness (QED) is 0.231. The minimum Gasteiger partial charge on any atom is -0.411 e. The molecule has 0 saturated heterocycles. The first-order valence-corrected chi connectivity index (χ1v) is 15.6. The molecule has 0 saturated carbocycles. The van der Waals surface area contributed by atoms with Crippen LogP contribution in [-0.2, 0) is 10.8 Å². The van der Waals surface area contributed by atoms with Crippen molar-refractivity contribution in [1.29, 1.82) is 0 Å². The third-order valence-corrected chi connectivity index (χ3v) is 11.5. The summed E-state index contributed by atoms with van der Waals surface area (Å²) < 4.78 is 49.1. The van der Waals surface area contributed by atoms with Gasteiger partial charge in [-0.05, 0) is 48.2 Å². The third kappa shape index (κ3) is 8.39. The van der Waals surface area contributed by atoms with Crippen LogP contribution in [-0.4, -0.2) is 42.8 Å². The molecule has 2 heterocycles. The number of carbonyl (C=O) groups excluding carboxylic acids is 2. The van der Waals surface area contributed by atoms with E-state index in [1.165, 1.54) is 12.3 Å². The number of nitrogens with one attached hydrogen (secondary N) is 2. The lowest BCUT2D eigenvalue weighted by Crippen LogP contribution is -2.44. The second-order valence-electron chi connectivity index (χ2n) is 10.8. The zero-order valence-electron chi connectivity index (χ0n) is 22.4. The Balaban J connectivity index is 2.20. The number of pyridine rings is 2. The van der Waals surface area contributed by atoms with Crippen LogP contribution in [0.25, 0.3) is 0 Å². The molecule has 0 unspecified atom stereocenters. The van der Waals surface area contributed by atoms with E-state index in [-0.39, 0.29) is 23.1 Å². The zero-order chi connectivity index (χ0) is 29.1. The van der Waals surface area contributed by atoms with Crippen LogP contribution < -0.4 is 10.6 Å². The lowest BCUT2D eigenvalue weighted by Gasteiger charge is -2.37. The fourth-order valence-corrected chi connectivity index (χ4v) is 4.53.